The predicted octanol–water partition coefficient (Wildman–Crippen LogP) is 15.1. The van der Waals surface area contributed by atoms with Crippen LogP contribution in [0, 0.1) is 0 Å². The van der Waals surface area contributed by atoms with Crippen molar-refractivity contribution in [3.8, 4) is 33.4 Å². The molecular weight excluding hydrogens is 671 g/mol. The normalized spacial score (nSPS) is 11.6. The van der Waals surface area contributed by atoms with Gasteiger partial charge in [-0.25, -0.2) is 0 Å². The second kappa shape index (κ2) is 12.6. The Morgan fingerprint density at radius 3 is 1.60 bits per heavy atom. The Hall–Kier alpha value is -7.36. The van der Waals surface area contributed by atoms with Gasteiger partial charge in [0.15, 0.2) is 5.58 Å². The molecule has 3 heteroatoms. The largest absolute Gasteiger partial charge is 0.456 e. The molecule has 0 fully saturated rings. The van der Waals surface area contributed by atoms with Gasteiger partial charge in [-0.3, -0.25) is 0 Å². The van der Waals surface area contributed by atoms with Gasteiger partial charge >= 0.3 is 0 Å². The molecule has 0 aliphatic rings. The summed E-state index contributed by atoms with van der Waals surface area (Å²) in [5.41, 5.74) is 13.5. The van der Waals surface area contributed by atoms with Gasteiger partial charge in [0.05, 0.1) is 16.8 Å². The molecule has 11 rings (SSSR count). The van der Waals surface area contributed by atoms with Gasteiger partial charge in [-0.15, -0.1) is 0 Å². The van der Waals surface area contributed by atoms with Crippen molar-refractivity contribution >= 4 is 71.7 Å². The van der Waals surface area contributed by atoms with E-state index in [9.17, 15) is 0 Å². The van der Waals surface area contributed by atoms with E-state index in [2.05, 4.69) is 175 Å². The van der Waals surface area contributed by atoms with Gasteiger partial charge in [-0.2, -0.15) is 0 Å². The van der Waals surface area contributed by atoms with E-state index in [1.807, 2.05) is 30.3 Å². The number of benzene rings is 9. The first kappa shape index (κ1) is 31.2. The molecule has 258 valence electrons. The third-order valence-electron chi connectivity index (χ3n) is 10.8. The Morgan fingerprint density at radius 1 is 0.309 bits per heavy atom. The third-order valence-corrected chi connectivity index (χ3v) is 10.8. The second-order valence-corrected chi connectivity index (χ2v) is 14.1. The first-order chi connectivity index (χ1) is 27.2. The fourth-order valence-corrected chi connectivity index (χ4v) is 8.19. The van der Waals surface area contributed by atoms with Crippen molar-refractivity contribution < 1.29 is 8.83 Å². The lowest BCUT2D eigenvalue weighted by Gasteiger charge is -2.26. The van der Waals surface area contributed by atoms with Gasteiger partial charge in [0, 0.05) is 21.8 Å². The minimum absolute atomic E-state index is 0.844. The van der Waals surface area contributed by atoms with E-state index < -0.39 is 0 Å². The Balaban J connectivity index is 1.01. The Bertz CT molecular complexity index is 3220. The lowest BCUT2D eigenvalue weighted by atomic mass is 9.95. The Labute approximate surface area is 317 Å². The van der Waals surface area contributed by atoms with Crippen LogP contribution in [-0.4, -0.2) is 0 Å². The molecule has 3 nitrogen and oxygen atoms in total. The standard InChI is InChI=1S/C52H33NO2/c1-2-12-36-32-41(26-25-34(36)11-1)40-16-8-15-39(33-40)38-14-7-13-37(31-38)35-27-29-42(30-28-35)53(46-20-10-24-50-51(46)45-18-4-6-23-49(45)54-50)47-21-9-19-44-43-17-3-5-22-48(43)55-52(44)47/h1-33H. The average Bonchev–Trinajstić information content (AvgIpc) is 3.84. The summed E-state index contributed by atoms with van der Waals surface area (Å²) in [6.07, 6.45) is 0. The van der Waals surface area contributed by atoms with Gasteiger partial charge in [-0.1, -0.05) is 140 Å². The maximum absolute atomic E-state index is 6.63. The number of hydrogen-bond donors (Lipinski definition) is 0. The zero-order valence-electron chi connectivity index (χ0n) is 29.8. The minimum atomic E-state index is 0.844. The highest BCUT2D eigenvalue weighted by molar-refractivity contribution is 6.16. The van der Waals surface area contributed by atoms with Crippen LogP contribution in [0.1, 0.15) is 0 Å². The molecule has 0 saturated heterocycles. The molecule has 2 heterocycles. The molecular formula is C52H33NO2. The minimum Gasteiger partial charge on any atom is -0.456 e. The van der Waals surface area contributed by atoms with Crippen LogP contribution < -0.4 is 4.90 Å². The molecule has 0 atom stereocenters. The van der Waals surface area contributed by atoms with Gasteiger partial charge in [0.2, 0.25) is 0 Å². The lowest BCUT2D eigenvalue weighted by molar-refractivity contribution is 0.668. The zero-order chi connectivity index (χ0) is 36.3. The molecule has 0 spiro atoms. The molecule has 11 aromatic rings. The summed E-state index contributed by atoms with van der Waals surface area (Å²) in [5, 5.41) is 6.83. The van der Waals surface area contributed by atoms with Crippen LogP contribution in [0.4, 0.5) is 17.1 Å². The van der Waals surface area contributed by atoms with E-state index in [1.54, 1.807) is 0 Å². The maximum atomic E-state index is 6.63. The number of fused-ring (bicyclic) bond motifs is 7. The molecule has 0 N–H and O–H groups in total. The highest BCUT2D eigenvalue weighted by atomic mass is 16.3. The maximum Gasteiger partial charge on any atom is 0.159 e. The Kier molecular flexibility index (Phi) is 7.17. The number of furan rings is 2. The molecule has 9 aromatic carbocycles. The second-order valence-electron chi connectivity index (χ2n) is 14.1. The zero-order valence-corrected chi connectivity index (χ0v) is 29.8. The van der Waals surface area contributed by atoms with Gasteiger partial charge in [0.25, 0.3) is 0 Å². The molecule has 55 heavy (non-hydrogen) atoms. The van der Waals surface area contributed by atoms with Crippen molar-refractivity contribution in [1.29, 1.82) is 0 Å². The van der Waals surface area contributed by atoms with Crippen molar-refractivity contribution in [1.82, 2.24) is 0 Å². The molecule has 0 bridgehead atoms. The van der Waals surface area contributed by atoms with Gasteiger partial charge in [-0.05, 0) is 105 Å². The molecule has 0 radical (unpaired) electrons. The fraction of sp³-hybridized carbons (Fsp3) is 0. The van der Waals surface area contributed by atoms with Crippen molar-refractivity contribution in [3.05, 3.63) is 200 Å². The summed E-state index contributed by atoms with van der Waals surface area (Å²) in [7, 11) is 0. The SMILES string of the molecule is c1cc(-c2ccc(N(c3cccc4c3oc3ccccc34)c3cccc4oc5ccccc5c34)cc2)cc(-c2cccc(-c3ccc4ccccc4c3)c2)c1. The fourth-order valence-electron chi connectivity index (χ4n) is 8.19. The number of hydrogen-bond acceptors (Lipinski definition) is 3. The smallest absolute Gasteiger partial charge is 0.159 e. The summed E-state index contributed by atoms with van der Waals surface area (Å²) in [6, 6.07) is 71.0. The molecule has 0 saturated carbocycles. The van der Waals surface area contributed by atoms with Crippen LogP contribution in [0.15, 0.2) is 209 Å². The summed E-state index contributed by atoms with van der Waals surface area (Å²) < 4.78 is 13.0. The van der Waals surface area contributed by atoms with Crippen LogP contribution in [0.25, 0.3) is 88.0 Å². The van der Waals surface area contributed by atoms with Gasteiger partial charge < -0.3 is 13.7 Å². The summed E-state index contributed by atoms with van der Waals surface area (Å²) in [5.74, 6) is 0. The highest BCUT2D eigenvalue weighted by Crippen LogP contribution is 2.46. The number of anilines is 3. The van der Waals surface area contributed by atoms with E-state index >= 15 is 0 Å². The number of nitrogens with zero attached hydrogens (tertiary/aromatic N) is 1. The highest BCUT2D eigenvalue weighted by Gasteiger charge is 2.23. The van der Waals surface area contributed by atoms with E-state index in [0.29, 0.717) is 0 Å². The predicted molar refractivity (Wildman–Crippen MR) is 229 cm³/mol. The van der Waals surface area contributed by atoms with E-state index in [0.717, 1.165) is 72.1 Å². The van der Waals surface area contributed by atoms with Crippen molar-refractivity contribution in [2.75, 3.05) is 4.90 Å². The molecule has 0 amide bonds. The summed E-state index contributed by atoms with van der Waals surface area (Å²) >= 11 is 0. The van der Waals surface area contributed by atoms with Crippen molar-refractivity contribution in [3.63, 3.8) is 0 Å². The van der Waals surface area contributed by atoms with Crippen LogP contribution >= 0.6 is 0 Å². The van der Waals surface area contributed by atoms with Crippen LogP contribution in [0.5, 0.6) is 0 Å². The van der Waals surface area contributed by atoms with Crippen LogP contribution in [0.2, 0.25) is 0 Å². The van der Waals surface area contributed by atoms with Crippen LogP contribution in [0.3, 0.4) is 0 Å². The van der Waals surface area contributed by atoms with E-state index in [-0.39, 0.29) is 0 Å². The van der Waals surface area contributed by atoms with Crippen molar-refractivity contribution in [2.45, 2.75) is 0 Å². The first-order valence-electron chi connectivity index (χ1n) is 18.7. The quantitative estimate of drug-likeness (QED) is 0.173. The van der Waals surface area contributed by atoms with Gasteiger partial charge in [0.1, 0.15) is 16.7 Å². The lowest BCUT2D eigenvalue weighted by Crippen LogP contribution is -2.10. The average molecular weight is 704 g/mol. The van der Waals surface area contributed by atoms with E-state index in [4.69, 9.17) is 8.83 Å². The number of rotatable bonds is 6. The van der Waals surface area contributed by atoms with E-state index in [1.165, 1.54) is 33.0 Å². The molecule has 0 unspecified atom stereocenters. The molecule has 2 aromatic heterocycles. The first-order valence-corrected chi connectivity index (χ1v) is 18.7. The topological polar surface area (TPSA) is 29.5 Å². The molecule has 0 aliphatic carbocycles. The summed E-state index contributed by atoms with van der Waals surface area (Å²) in [4.78, 5) is 2.31. The number of para-hydroxylation sites is 3. The Morgan fingerprint density at radius 2 is 0.836 bits per heavy atom. The van der Waals surface area contributed by atoms with Crippen molar-refractivity contribution in [2.24, 2.45) is 0 Å². The van der Waals surface area contributed by atoms with Crippen LogP contribution in [-0.2, 0) is 0 Å². The molecule has 0 aliphatic heterocycles. The summed E-state index contributed by atoms with van der Waals surface area (Å²) in [6.45, 7) is 0. The monoisotopic (exact) mass is 703 g/mol. The third kappa shape index (κ3) is 5.28.